The van der Waals surface area contributed by atoms with Gasteiger partial charge in [-0.15, -0.1) is 0 Å². The molecule has 0 bridgehead atoms. The Kier molecular flexibility index (Phi) is 3.72. The van der Waals surface area contributed by atoms with Crippen molar-refractivity contribution in [2.24, 2.45) is 11.8 Å². The van der Waals surface area contributed by atoms with E-state index in [1.54, 1.807) is 0 Å². The third-order valence-electron chi connectivity index (χ3n) is 2.62. The molecule has 0 saturated heterocycles. The van der Waals surface area contributed by atoms with Crippen LogP contribution in [0.1, 0.15) is 6.92 Å². The van der Waals surface area contributed by atoms with Crippen molar-refractivity contribution < 1.29 is 9.84 Å². The van der Waals surface area contributed by atoms with Gasteiger partial charge in [-0.05, 0) is 12.0 Å². The number of hydrogen-bond acceptors (Lipinski definition) is 3. The summed E-state index contributed by atoms with van der Waals surface area (Å²) in [7, 11) is 5.54. The summed E-state index contributed by atoms with van der Waals surface area (Å²) in [6, 6.07) is 0. The molecule has 1 N–H and O–H groups in total. The number of allylic oxidation sites excluding steroid dienone is 2. The fourth-order valence-electron chi connectivity index (χ4n) is 1.63. The Morgan fingerprint density at radius 1 is 1.50 bits per heavy atom. The standard InChI is InChI=1S/C11H19NO2/c1-8-7-9(12(2)3)5-6-10(8)11(13)14-4/h5-8,10-11,13H,1-4H3. The summed E-state index contributed by atoms with van der Waals surface area (Å²) >= 11 is 0. The lowest BCUT2D eigenvalue weighted by molar-refractivity contribution is -0.108. The second kappa shape index (κ2) is 4.62. The molecule has 0 radical (unpaired) electrons. The molecular weight excluding hydrogens is 178 g/mol. The molecule has 1 aliphatic carbocycles. The van der Waals surface area contributed by atoms with Crippen molar-refractivity contribution in [2.75, 3.05) is 21.2 Å². The number of ether oxygens (including phenoxy) is 1. The van der Waals surface area contributed by atoms with Crippen molar-refractivity contribution >= 4 is 0 Å². The molecule has 0 aliphatic heterocycles. The smallest absolute Gasteiger partial charge is 0.160 e. The maximum absolute atomic E-state index is 9.56. The minimum atomic E-state index is -0.707. The zero-order chi connectivity index (χ0) is 10.7. The van der Waals surface area contributed by atoms with Gasteiger partial charge in [0.05, 0.1) is 0 Å². The number of likely N-dealkylation sites (N-methyl/N-ethyl adjacent to an activating group) is 1. The van der Waals surface area contributed by atoms with Gasteiger partial charge in [0, 0.05) is 32.8 Å². The summed E-state index contributed by atoms with van der Waals surface area (Å²) in [5.41, 5.74) is 1.18. The largest absolute Gasteiger partial charge is 0.378 e. The summed E-state index contributed by atoms with van der Waals surface area (Å²) < 4.78 is 4.92. The van der Waals surface area contributed by atoms with Crippen LogP contribution in [-0.4, -0.2) is 37.5 Å². The lowest BCUT2D eigenvalue weighted by Crippen LogP contribution is -2.28. The van der Waals surface area contributed by atoms with Gasteiger partial charge in [-0.1, -0.05) is 19.1 Å². The third-order valence-corrected chi connectivity index (χ3v) is 2.62. The highest BCUT2D eigenvalue weighted by Crippen LogP contribution is 2.26. The molecule has 1 aliphatic rings. The SMILES string of the molecule is COC(O)C1C=CC(N(C)C)=CC1C. The lowest BCUT2D eigenvalue weighted by Gasteiger charge is -2.28. The summed E-state index contributed by atoms with van der Waals surface area (Å²) in [5, 5.41) is 9.56. The summed E-state index contributed by atoms with van der Waals surface area (Å²) in [6.07, 6.45) is 5.47. The Bertz CT molecular complexity index is 246. The highest BCUT2D eigenvalue weighted by atomic mass is 16.6. The topological polar surface area (TPSA) is 32.7 Å². The molecule has 0 aromatic rings. The Morgan fingerprint density at radius 2 is 2.14 bits per heavy atom. The molecular formula is C11H19NO2. The van der Waals surface area contributed by atoms with Gasteiger partial charge >= 0.3 is 0 Å². The van der Waals surface area contributed by atoms with E-state index in [0.29, 0.717) is 5.92 Å². The van der Waals surface area contributed by atoms with Crippen LogP contribution in [0.25, 0.3) is 0 Å². The zero-order valence-electron chi connectivity index (χ0n) is 9.27. The Morgan fingerprint density at radius 3 is 2.57 bits per heavy atom. The summed E-state index contributed by atoms with van der Waals surface area (Å²) in [5.74, 6) is 0.357. The highest BCUT2D eigenvalue weighted by molar-refractivity contribution is 5.24. The Labute approximate surface area is 85.7 Å². The van der Waals surface area contributed by atoms with Gasteiger partial charge < -0.3 is 14.7 Å². The zero-order valence-corrected chi connectivity index (χ0v) is 9.27. The molecule has 3 atom stereocenters. The maximum Gasteiger partial charge on any atom is 0.160 e. The van der Waals surface area contributed by atoms with Crippen LogP contribution < -0.4 is 0 Å². The van der Waals surface area contributed by atoms with Crippen molar-refractivity contribution in [3.63, 3.8) is 0 Å². The first-order chi connectivity index (χ1) is 6.56. The van der Waals surface area contributed by atoms with E-state index in [4.69, 9.17) is 4.74 Å². The quantitative estimate of drug-likeness (QED) is 0.690. The van der Waals surface area contributed by atoms with Gasteiger partial charge in [0.25, 0.3) is 0 Å². The molecule has 3 heteroatoms. The van der Waals surface area contributed by atoms with Gasteiger partial charge in [-0.2, -0.15) is 0 Å². The number of aliphatic hydroxyl groups excluding tert-OH is 1. The lowest BCUT2D eigenvalue weighted by atomic mass is 9.88. The predicted molar refractivity (Wildman–Crippen MR) is 56.6 cm³/mol. The van der Waals surface area contributed by atoms with Crippen molar-refractivity contribution in [3.8, 4) is 0 Å². The highest BCUT2D eigenvalue weighted by Gasteiger charge is 2.24. The average molecular weight is 197 g/mol. The molecule has 0 fully saturated rings. The number of nitrogens with zero attached hydrogens (tertiary/aromatic N) is 1. The van der Waals surface area contributed by atoms with E-state index in [1.165, 1.54) is 12.8 Å². The molecule has 14 heavy (non-hydrogen) atoms. The van der Waals surface area contributed by atoms with E-state index < -0.39 is 6.29 Å². The predicted octanol–water partition coefficient (Wildman–Crippen LogP) is 1.22. The van der Waals surface area contributed by atoms with Crippen LogP contribution in [0.5, 0.6) is 0 Å². The number of rotatable bonds is 3. The van der Waals surface area contributed by atoms with E-state index in [9.17, 15) is 5.11 Å². The van der Waals surface area contributed by atoms with Crippen LogP contribution in [0.2, 0.25) is 0 Å². The molecule has 3 nitrogen and oxygen atoms in total. The van der Waals surface area contributed by atoms with E-state index in [0.717, 1.165) is 0 Å². The number of hydrogen-bond donors (Lipinski definition) is 1. The van der Waals surface area contributed by atoms with E-state index >= 15 is 0 Å². The second-order valence-electron chi connectivity index (χ2n) is 3.91. The minimum absolute atomic E-state index is 0.0590. The molecule has 1 rings (SSSR count). The molecule has 0 aromatic carbocycles. The van der Waals surface area contributed by atoms with Gasteiger partial charge in [0.15, 0.2) is 6.29 Å². The Hall–Kier alpha value is -0.800. The van der Waals surface area contributed by atoms with Crippen LogP contribution >= 0.6 is 0 Å². The Balaban J connectivity index is 2.71. The first-order valence-corrected chi connectivity index (χ1v) is 4.84. The fourth-order valence-corrected chi connectivity index (χ4v) is 1.63. The molecule has 3 unspecified atom stereocenters. The van der Waals surface area contributed by atoms with E-state index in [1.807, 2.05) is 26.2 Å². The van der Waals surface area contributed by atoms with Crippen molar-refractivity contribution in [1.82, 2.24) is 4.90 Å². The van der Waals surface area contributed by atoms with Crippen LogP contribution in [-0.2, 0) is 4.74 Å². The average Bonchev–Trinajstić information content (AvgIpc) is 2.16. The second-order valence-corrected chi connectivity index (χ2v) is 3.91. The van der Waals surface area contributed by atoms with Gasteiger partial charge in [0.1, 0.15) is 0 Å². The summed E-state index contributed by atoms with van der Waals surface area (Å²) in [4.78, 5) is 2.06. The maximum atomic E-state index is 9.56. The summed E-state index contributed by atoms with van der Waals surface area (Å²) in [6.45, 7) is 2.08. The van der Waals surface area contributed by atoms with Crippen LogP contribution in [0.3, 0.4) is 0 Å². The third kappa shape index (κ3) is 2.36. The first kappa shape index (κ1) is 11.3. The van der Waals surface area contributed by atoms with E-state index in [-0.39, 0.29) is 5.92 Å². The first-order valence-electron chi connectivity index (χ1n) is 4.84. The van der Waals surface area contributed by atoms with Crippen LogP contribution in [0.4, 0.5) is 0 Å². The molecule has 0 amide bonds. The van der Waals surface area contributed by atoms with Crippen molar-refractivity contribution in [3.05, 3.63) is 23.9 Å². The molecule has 0 spiro atoms. The molecule has 0 heterocycles. The van der Waals surface area contributed by atoms with Gasteiger partial charge in [-0.3, -0.25) is 0 Å². The van der Waals surface area contributed by atoms with Crippen LogP contribution in [0, 0.1) is 11.8 Å². The molecule has 0 saturated carbocycles. The fraction of sp³-hybridized carbons (Fsp3) is 0.636. The minimum Gasteiger partial charge on any atom is -0.378 e. The van der Waals surface area contributed by atoms with Gasteiger partial charge in [0.2, 0.25) is 0 Å². The molecule has 80 valence electrons. The molecule has 0 aromatic heterocycles. The number of methoxy groups -OCH3 is 1. The number of aliphatic hydroxyl groups is 1. The normalized spacial score (nSPS) is 28.5. The van der Waals surface area contributed by atoms with Crippen molar-refractivity contribution in [2.45, 2.75) is 13.2 Å². The van der Waals surface area contributed by atoms with E-state index in [2.05, 4.69) is 17.9 Å². The van der Waals surface area contributed by atoms with Crippen molar-refractivity contribution in [1.29, 1.82) is 0 Å². The van der Waals surface area contributed by atoms with Gasteiger partial charge in [-0.25, -0.2) is 0 Å². The van der Waals surface area contributed by atoms with Crippen LogP contribution in [0.15, 0.2) is 23.9 Å². The monoisotopic (exact) mass is 197 g/mol.